The van der Waals surface area contributed by atoms with Crippen molar-refractivity contribution in [2.75, 3.05) is 18.1 Å². The van der Waals surface area contributed by atoms with Gasteiger partial charge in [0, 0.05) is 6.42 Å². The van der Waals surface area contributed by atoms with E-state index in [9.17, 15) is 14.3 Å². The standard InChI is InChI=1S/C16H27N6O6P/c1-7(2)26-6-10-9(28-29(24,25)8(3)4)5-11(27-10)22-13-12(19-16(22)18)14(23)21-15(17)20-13/h7-11H,5-6H2,1-4H3,(H2,18,19)(H,24,25)(H3,17,20,21,23)/t9-,10-,11-/m1/s1. The number of nitrogens with zero attached hydrogens (tertiary/aromatic N) is 3. The first-order valence-electron chi connectivity index (χ1n) is 9.30. The van der Waals surface area contributed by atoms with Crippen molar-refractivity contribution in [1.82, 2.24) is 19.5 Å². The first kappa shape index (κ1) is 21.7. The molecule has 1 aliphatic heterocycles. The molecule has 1 saturated heterocycles. The minimum Gasteiger partial charge on any atom is -0.376 e. The minimum atomic E-state index is -3.86. The molecule has 0 amide bonds. The van der Waals surface area contributed by atoms with Crippen LogP contribution in [-0.2, 0) is 18.6 Å². The summed E-state index contributed by atoms with van der Waals surface area (Å²) in [5.41, 5.74) is 10.7. The highest BCUT2D eigenvalue weighted by molar-refractivity contribution is 7.53. The van der Waals surface area contributed by atoms with Crippen molar-refractivity contribution in [3.05, 3.63) is 10.4 Å². The first-order valence-corrected chi connectivity index (χ1v) is 11.0. The van der Waals surface area contributed by atoms with Crippen LogP contribution >= 0.6 is 7.60 Å². The van der Waals surface area contributed by atoms with Crippen molar-refractivity contribution in [3.63, 3.8) is 0 Å². The maximum Gasteiger partial charge on any atom is 0.330 e. The second-order valence-electron chi connectivity index (χ2n) is 7.51. The van der Waals surface area contributed by atoms with Crippen molar-refractivity contribution in [1.29, 1.82) is 0 Å². The highest BCUT2D eigenvalue weighted by atomic mass is 31.2. The van der Waals surface area contributed by atoms with Crippen molar-refractivity contribution in [2.45, 2.75) is 64.3 Å². The summed E-state index contributed by atoms with van der Waals surface area (Å²) in [5, 5.41) is 0. The lowest BCUT2D eigenvalue weighted by Crippen LogP contribution is -2.30. The fourth-order valence-corrected chi connectivity index (χ4v) is 3.88. The lowest BCUT2D eigenvalue weighted by Gasteiger charge is -2.24. The van der Waals surface area contributed by atoms with Crippen molar-refractivity contribution >= 4 is 30.7 Å². The lowest BCUT2D eigenvalue weighted by molar-refractivity contribution is -0.0700. The molecule has 2 aromatic heterocycles. The predicted octanol–water partition coefficient (Wildman–Crippen LogP) is 0.976. The van der Waals surface area contributed by atoms with E-state index in [4.69, 9.17) is 25.5 Å². The summed E-state index contributed by atoms with van der Waals surface area (Å²) in [6.07, 6.45) is -1.96. The fourth-order valence-electron chi connectivity index (χ4n) is 3.02. The highest BCUT2D eigenvalue weighted by Gasteiger charge is 2.43. The third-order valence-corrected chi connectivity index (χ3v) is 6.48. The lowest BCUT2D eigenvalue weighted by atomic mass is 10.2. The Morgan fingerprint density at radius 2 is 2.03 bits per heavy atom. The summed E-state index contributed by atoms with van der Waals surface area (Å²) in [6.45, 7) is 7.10. The van der Waals surface area contributed by atoms with E-state index in [1.54, 1.807) is 13.8 Å². The van der Waals surface area contributed by atoms with Crippen LogP contribution in [0.4, 0.5) is 11.9 Å². The maximum absolute atomic E-state index is 12.4. The number of ether oxygens (including phenoxy) is 2. The largest absolute Gasteiger partial charge is 0.376 e. The van der Waals surface area contributed by atoms with Crippen LogP contribution in [0, 0.1) is 0 Å². The van der Waals surface area contributed by atoms with Gasteiger partial charge >= 0.3 is 7.60 Å². The van der Waals surface area contributed by atoms with E-state index in [1.165, 1.54) is 4.57 Å². The van der Waals surface area contributed by atoms with Gasteiger partial charge in [0.1, 0.15) is 12.3 Å². The van der Waals surface area contributed by atoms with Crippen LogP contribution in [0.25, 0.3) is 11.2 Å². The molecule has 1 fully saturated rings. The topological polar surface area (TPSA) is 181 Å². The van der Waals surface area contributed by atoms with Crippen LogP contribution in [0.1, 0.15) is 40.3 Å². The second-order valence-corrected chi connectivity index (χ2v) is 9.88. The summed E-state index contributed by atoms with van der Waals surface area (Å²) in [6, 6.07) is 0. The number of nitrogens with two attached hydrogens (primary N) is 2. The van der Waals surface area contributed by atoms with E-state index in [2.05, 4.69) is 15.0 Å². The number of nitrogens with one attached hydrogen (secondary N) is 1. The van der Waals surface area contributed by atoms with Gasteiger partial charge < -0.3 is 30.4 Å². The average Bonchev–Trinajstić information content (AvgIpc) is 3.12. The van der Waals surface area contributed by atoms with Gasteiger partial charge in [0.25, 0.3) is 5.56 Å². The molecule has 1 unspecified atom stereocenters. The molecular formula is C16H27N6O6P. The van der Waals surface area contributed by atoms with E-state index in [1.807, 2.05) is 13.8 Å². The Bertz CT molecular complexity index is 988. The summed E-state index contributed by atoms with van der Waals surface area (Å²) in [4.78, 5) is 32.8. The Hall–Kier alpha value is -1.98. The van der Waals surface area contributed by atoms with Gasteiger partial charge in [-0.2, -0.15) is 4.98 Å². The van der Waals surface area contributed by atoms with E-state index in [0.717, 1.165) is 0 Å². The molecule has 162 valence electrons. The number of rotatable bonds is 7. The molecule has 13 heteroatoms. The number of aromatic amines is 1. The molecule has 1 aliphatic rings. The van der Waals surface area contributed by atoms with Gasteiger partial charge in [-0.1, -0.05) is 13.8 Å². The number of anilines is 2. The molecule has 0 aromatic carbocycles. The highest BCUT2D eigenvalue weighted by Crippen LogP contribution is 2.51. The van der Waals surface area contributed by atoms with E-state index >= 15 is 0 Å². The van der Waals surface area contributed by atoms with Crippen molar-refractivity contribution in [3.8, 4) is 0 Å². The van der Waals surface area contributed by atoms with Gasteiger partial charge in [-0.05, 0) is 13.8 Å². The summed E-state index contributed by atoms with van der Waals surface area (Å²) < 4.78 is 31.1. The number of fused-ring (bicyclic) bond motifs is 1. The summed E-state index contributed by atoms with van der Waals surface area (Å²) in [7, 11) is -3.86. The molecule has 0 spiro atoms. The number of imidazole rings is 1. The zero-order valence-corrected chi connectivity index (χ0v) is 17.6. The third kappa shape index (κ3) is 4.46. The van der Waals surface area contributed by atoms with Crippen molar-refractivity contribution < 1.29 is 23.5 Å². The Labute approximate surface area is 167 Å². The van der Waals surface area contributed by atoms with E-state index < -0.39 is 37.2 Å². The molecular weight excluding hydrogens is 403 g/mol. The normalized spacial score (nSPS) is 24.6. The quantitative estimate of drug-likeness (QED) is 0.462. The zero-order chi connectivity index (χ0) is 21.5. The Morgan fingerprint density at radius 1 is 1.34 bits per heavy atom. The fraction of sp³-hybridized carbons (Fsp3) is 0.688. The second kappa shape index (κ2) is 8.04. The predicted molar refractivity (Wildman–Crippen MR) is 106 cm³/mol. The number of nitrogen functional groups attached to an aromatic ring is 2. The number of aromatic nitrogens is 4. The molecule has 2 aromatic rings. The molecule has 0 aliphatic carbocycles. The molecule has 3 heterocycles. The van der Waals surface area contributed by atoms with Crippen molar-refractivity contribution in [2.24, 2.45) is 0 Å². The summed E-state index contributed by atoms with van der Waals surface area (Å²) >= 11 is 0. The summed E-state index contributed by atoms with van der Waals surface area (Å²) in [5.74, 6) is -0.0809. The van der Waals surface area contributed by atoms with E-state index in [0.29, 0.717) is 0 Å². The molecule has 6 N–H and O–H groups in total. The van der Waals surface area contributed by atoms with Gasteiger partial charge in [-0.25, -0.2) is 4.98 Å². The Kier molecular flexibility index (Phi) is 6.02. The molecule has 0 bridgehead atoms. The molecule has 3 rings (SSSR count). The minimum absolute atomic E-state index is 0.00817. The molecule has 29 heavy (non-hydrogen) atoms. The smallest absolute Gasteiger partial charge is 0.330 e. The van der Waals surface area contributed by atoms with Gasteiger partial charge in [-0.15, -0.1) is 0 Å². The molecule has 4 atom stereocenters. The van der Waals surface area contributed by atoms with Crippen LogP contribution in [0.3, 0.4) is 0 Å². The van der Waals surface area contributed by atoms with Gasteiger partial charge in [0.2, 0.25) is 11.9 Å². The first-order chi connectivity index (χ1) is 13.5. The van der Waals surface area contributed by atoms with Crippen LogP contribution < -0.4 is 17.0 Å². The number of hydrogen-bond donors (Lipinski definition) is 4. The van der Waals surface area contributed by atoms with Gasteiger partial charge in [-0.3, -0.25) is 18.9 Å². The Balaban J connectivity index is 1.95. The number of hydrogen-bond acceptors (Lipinski definition) is 9. The molecule has 0 radical (unpaired) electrons. The molecule has 12 nitrogen and oxygen atoms in total. The maximum atomic E-state index is 12.4. The zero-order valence-electron chi connectivity index (χ0n) is 16.7. The Morgan fingerprint density at radius 3 is 2.66 bits per heavy atom. The van der Waals surface area contributed by atoms with Crippen LogP contribution in [0.5, 0.6) is 0 Å². The van der Waals surface area contributed by atoms with Gasteiger partial charge in [0.05, 0.1) is 24.5 Å². The SMILES string of the molecule is CC(C)OC[C@H]1O[C@@H](n2c(N)nc3c(=O)[nH]c(N)nc32)C[C@H]1OP(=O)(O)C(C)C. The van der Waals surface area contributed by atoms with Crippen LogP contribution in [0.15, 0.2) is 4.79 Å². The monoisotopic (exact) mass is 430 g/mol. The van der Waals surface area contributed by atoms with Crippen LogP contribution in [-0.4, -0.2) is 55.0 Å². The van der Waals surface area contributed by atoms with Gasteiger partial charge in [0.15, 0.2) is 11.2 Å². The van der Waals surface area contributed by atoms with E-state index in [-0.39, 0.29) is 42.2 Å². The number of H-pyrrole nitrogens is 1. The average molecular weight is 430 g/mol. The molecule has 0 saturated carbocycles. The van der Waals surface area contributed by atoms with Crippen LogP contribution in [0.2, 0.25) is 0 Å². The third-order valence-electron chi connectivity index (χ3n) is 4.60.